The van der Waals surface area contributed by atoms with Crippen molar-refractivity contribution in [3.05, 3.63) is 76.5 Å². The van der Waals surface area contributed by atoms with Crippen molar-refractivity contribution >= 4 is 23.0 Å². The van der Waals surface area contributed by atoms with E-state index in [1.54, 1.807) is 0 Å². The number of carbonyl (C=O) groups is 1. The molecule has 1 aromatic heterocycles. The number of carbonyl (C=O) groups excluding carboxylic acids is 1. The summed E-state index contributed by atoms with van der Waals surface area (Å²) in [4.78, 5) is 25.1. The Labute approximate surface area is 247 Å². The smallest absolute Gasteiger partial charge is 0.331 e. The summed E-state index contributed by atoms with van der Waals surface area (Å²) < 4.78 is 22.1. The molecule has 44 heavy (non-hydrogen) atoms. The first-order chi connectivity index (χ1) is 20.9. The van der Waals surface area contributed by atoms with Gasteiger partial charge in [0, 0.05) is 29.8 Å². The van der Waals surface area contributed by atoms with Crippen LogP contribution in [0.25, 0.3) is 28.4 Å². The lowest BCUT2D eigenvalue weighted by molar-refractivity contribution is -0.280. The standard InChI is InChI=1S/C30H26O14/c31-12-24-29(44-25(38)6-2-13-1-4-16(32)18(34)7-13)27(39)28(40)30(43-24)41-15-9-20(36)26-21(37)11-22(42-23(26)10-15)14-3-5-17(33)19(35)8-14/h1-11,24,27-36,39-40H,12H2/t24-,27-,28-,29-,30-/m0/s1. The molecule has 0 aliphatic carbocycles. The SMILES string of the molecule is O=C(C=Cc1ccc(O)c(O)c1)O[C@@H]1[C@@H](O)[C@H](O)[C@@H](Oc2cc(O)c3c(=O)cc(-c4ccc(O)c(O)c4)oc3c2)O[C@H]1CO. The average molecular weight is 611 g/mol. The minimum Gasteiger partial charge on any atom is -0.507 e. The van der Waals surface area contributed by atoms with E-state index in [0.717, 1.165) is 18.2 Å². The van der Waals surface area contributed by atoms with E-state index in [-0.39, 0.29) is 39.5 Å². The predicted octanol–water partition coefficient (Wildman–Crippen LogP) is 1.43. The highest BCUT2D eigenvalue weighted by Crippen LogP contribution is 2.35. The van der Waals surface area contributed by atoms with Gasteiger partial charge in [-0.05, 0) is 42.0 Å². The molecule has 0 unspecified atom stereocenters. The quantitative estimate of drug-likeness (QED) is 0.0840. The minimum absolute atomic E-state index is 0.0139. The summed E-state index contributed by atoms with van der Waals surface area (Å²) in [5.74, 6) is -3.32. The van der Waals surface area contributed by atoms with Crippen molar-refractivity contribution in [1.82, 2.24) is 0 Å². The average Bonchev–Trinajstić information content (AvgIpc) is 2.98. The fraction of sp³-hybridized carbons (Fsp3) is 0.200. The van der Waals surface area contributed by atoms with Gasteiger partial charge in [0.2, 0.25) is 6.29 Å². The molecule has 4 aromatic rings. The molecule has 5 rings (SSSR count). The summed E-state index contributed by atoms with van der Waals surface area (Å²) >= 11 is 0. The second kappa shape index (κ2) is 12.1. The van der Waals surface area contributed by atoms with Crippen LogP contribution >= 0.6 is 0 Å². The molecule has 3 aromatic carbocycles. The van der Waals surface area contributed by atoms with Crippen molar-refractivity contribution in [3.63, 3.8) is 0 Å². The molecule has 0 saturated carbocycles. The highest BCUT2D eigenvalue weighted by molar-refractivity contribution is 5.87. The number of aliphatic hydroxyl groups is 3. The van der Waals surface area contributed by atoms with Gasteiger partial charge in [0.05, 0.1) is 6.61 Å². The van der Waals surface area contributed by atoms with Crippen LogP contribution in [0.5, 0.6) is 34.5 Å². The molecule has 5 atom stereocenters. The van der Waals surface area contributed by atoms with Gasteiger partial charge in [0.15, 0.2) is 34.5 Å². The van der Waals surface area contributed by atoms with E-state index in [1.807, 2.05) is 0 Å². The van der Waals surface area contributed by atoms with Gasteiger partial charge in [0.25, 0.3) is 0 Å². The first-order valence-electron chi connectivity index (χ1n) is 13.0. The van der Waals surface area contributed by atoms with Crippen LogP contribution in [0.4, 0.5) is 0 Å². The Hall–Kier alpha value is -5.28. The lowest BCUT2D eigenvalue weighted by Gasteiger charge is -2.41. The molecule has 0 bridgehead atoms. The van der Waals surface area contributed by atoms with Crippen LogP contribution in [0.15, 0.2) is 69.9 Å². The molecule has 1 aliphatic heterocycles. The number of rotatable bonds is 7. The Morgan fingerprint density at radius 1 is 0.841 bits per heavy atom. The molecule has 1 fully saturated rings. The predicted molar refractivity (Wildman–Crippen MR) is 150 cm³/mol. The van der Waals surface area contributed by atoms with Crippen LogP contribution in [-0.2, 0) is 14.3 Å². The van der Waals surface area contributed by atoms with Crippen LogP contribution in [-0.4, -0.2) is 84.1 Å². The number of phenolic OH excluding ortho intramolecular Hbond substituents is 5. The molecule has 8 N–H and O–H groups in total. The maximum absolute atomic E-state index is 12.7. The molecule has 0 amide bonds. The molecule has 0 radical (unpaired) electrons. The summed E-state index contributed by atoms with van der Waals surface area (Å²) in [5.41, 5.74) is -0.210. The van der Waals surface area contributed by atoms with Gasteiger partial charge in [-0.3, -0.25) is 4.79 Å². The summed E-state index contributed by atoms with van der Waals surface area (Å²) in [7, 11) is 0. The number of fused-ring (bicyclic) bond motifs is 1. The maximum Gasteiger partial charge on any atom is 0.331 e. The summed E-state index contributed by atoms with van der Waals surface area (Å²) in [6.45, 7) is -0.766. The molecule has 14 heteroatoms. The Morgan fingerprint density at radius 2 is 1.55 bits per heavy atom. The Morgan fingerprint density at radius 3 is 2.23 bits per heavy atom. The third-order valence-corrected chi connectivity index (χ3v) is 6.78. The molecule has 14 nitrogen and oxygen atoms in total. The van der Waals surface area contributed by atoms with E-state index in [0.29, 0.717) is 5.56 Å². The monoisotopic (exact) mass is 610 g/mol. The van der Waals surface area contributed by atoms with Gasteiger partial charge in [-0.25, -0.2) is 4.79 Å². The first kappa shape index (κ1) is 30.2. The number of aliphatic hydroxyl groups excluding tert-OH is 3. The minimum atomic E-state index is -1.83. The topological polar surface area (TPSA) is 237 Å². The number of hydrogen-bond donors (Lipinski definition) is 8. The molecule has 0 spiro atoms. The summed E-state index contributed by atoms with van der Waals surface area (Å²) in [6, 6.07) is 10.9. The van der Waals surface area contributed by atoms with E-state index in [4.69, 9.17) is 18.6 Å². The van der Waals surface area contributed by atoms with Crippen molar-refractivity contribution in [2.45, 2.75) is 30.7 Å². The Balaban J connectivity index is 1.34. The van der Waals surface area contributed by atoms with E-state index >= 15 is 0 Å². The van der Waals surface area contributed by atoms with E-state index in [2.05, 4.69) is 0 Å². The lowest BCUT2D eigenvalue weighted by Crippen LogP contribution is -2.61. The zero-order valence-corrected chi connectivity index (χ0v) is 22.5. The van der Waals surface area contributed by atoms with Gasteiger partial charge in [-0.1, -0.05) is 6.07 Å². The van der Waals surface area contributed by atoms with Crippen molar-refractivity contribution in [2.24, 2.45) is 0 Å². The second-order valence-corrected chi connectivity index (χ2v) is 9.80. The van der Waals surface area contributed by atoms with E-state index in [1.165, 1.54) is 48.5 Å². The first-order valence-corrected chi connectivity index (χ1v) is 13.0. The van der Waals surface area contributed by atoms with Crippen LogP contribution in [0.3, 0.4) is 0 Å². The molecular weight excluding hydrogens is 584 g/mol. The van der Waals surface area contributed by atoms with Crippen LogP contribution in [0.2, 0.25) is 0 Å². The molecule has 1 saturated heterocycles. The Kier molecular flexibility index (Phi) is 8.33. The number of phenols is 5. The zero-order chi connectivity index (χ0) is 31.7. The third-order valence-electron chi connectivity index (χ3n) is 6.78. The van der Waals surface area contributed by atoms with Crippen molar-refractivity contribution in [3.8, 4) is 45.8 Å². The van der Waals surface area contributed by atoms with Crippen LogP contribution in [0, 0.1) is 0 Å². The fourth-order valence-corrected chi connectivity index (χ4v) is 4.54. The zero-order valence-electron chi connectivity index (χ0n) is 22.5. The molecule has 1 aliphatic rings. The number of ether oxygens (including phenoxy) is 3. The van der Waals surface area contributed by atoms with E-state index in [9.17, 15) is 50.4 Å². The number of hydrogen-bond acceptors (Lipinski definition) is 14. The highest BCUT2D eigenvalue weighted by atomic mass is 16.7. The molecule has 2 heterocycles. The fourth-order valence-electron chi connectivity index (χ4n) is 4.54. The van der Waals surface area contributed by atoms with Crippen molar-refractivity contribution < 1.29 is 64.3 Å². The molecule has 230 valence electrons. The van der Waals surface area contributed by atoms with Gasteiger partial charge in [0.1, 0.15) is 46.5 Å². The highest BCUT2D eigenvalue weighted by Gasteiger charge is 2.47. The third kappa shape index (κ3) is 6.09. The van der Waals surface area contributed by atoms with Crippen LogP contribution < -0.4 is 10.2 Å². The number of benzene rings is 3. The second-order valence-electron chi connectivity index (χ2n) is 9.80. The van der Waals surface area contributed by atoms with E-state index < -0.39 is 66.0 Å². The largest absolute Gasteiger partial charge is 0.507 e. The van der Waals surface area contributed by atoms with Gasteiger partial charge in [-0.15, -0.1) is 0 Å². The van der Waals surface area contributed by atoms with Crippen LogP contribution in [0.1, 0.15) is 5.56 Å². The lowest BCUT2D eigenvalue weighted by atomic mass is 9.99. The summed E-state index contributed by atoms with van der Waals surface area (Å²) in [6.07, 6.45) is -5.96. The van der Waals surface area contributed by atoms with Gasteiger partial charge in [-0.2, -0.15) is 0 Å². The van der Waals surface area contributed by atoms with Crippen molar-refractivity contribution in [1.29, 1.82) is 0 Å². The van der Waals surface area contributed by atoms with Gasteiger partial charge >= 0.3 is 5.97 Å². The number of esters is 1. The van der Waals surface area contributed by atoms with Gasteiger partial charge < -0.3 is 59.5 Å². The Bertz CT molecular complexity index is 1790. The molecular formula is C30H26O14. The maximum atomic E-state index is 12.7. The summed E-state index contributed by atoms with van der Waals surface area (Å²) in [5, 5.41) is 80.0. The number of aromatic hydroxyl groups is 5. The normalized spacial score (nSPS) is 21.8. The van der Waals surface area contributed by atoms with Crippen molar-refractivity contribution in [2.75, 3.05) is 6.61 Å².